The summed E-state index contributed by atoms with van der Waals surface area (Å²) in [6.07, 6.45) is 0.778. The molecule has 0 saturated carbocycles. The molecule has 1 amide bonds. The molecule has 0 unspecified atom stereocenters. The Balaban J connectivity index is 1.88. The maximum Gasteiger partial charge on any atom is 0.261 e. The van der Waals surface area contributed by atoms with E-state index in [9.17, 15) is 13.2 Å². The molecule has 0 spiro atoms. The van der Waals surface area contributed by atoms with E-state index in [1.54, 1.807) is 29.2 Å². The number of nitrogens with zero attached hydrogens (tertiary/aromatic N) is 1. The standard InChI is InChI=1S/C17H18N2O4S/c1-12(20)19-10-9-13-3-4-14(11-17(13)19)18-24(21,22)16-7-5-15(23-2)6-8-16/h3-8,11,18H,9-10H2,1-2H3. The molecule has 1 aliphatic heterocycles. The van der Waals surface area contributed by atoms with Crippen molar-refractivity contribution in [3.05, 3.63) is 48.0 Å². The van der Waals surface area contributed by atoms with Gasteiger partial charge in [-0.1, -0.05) is 6.07 Å². The molecular weight excluding hydrogens is 328 g/mol. The molecule has 7 heteroatoms. The lowest BCUT2D eigenvalue weighted by atomic mass is 10.1. The normalized spacial score (nSPS) is 13.5. The second-order valence-electron chi connectivity index (χ2n) is 5.55. The number of carbonyl (C=O) groups is 1. The van der Waals surface area contributed by atoms with Crippen LogP contribution in [0.3, 0.4) is 0 Å². The summed E-state index contributed by atoms with van der Waals surface area (Å²) < 4.78 is 32.6. The molecule has 0 aliphatic carbocycles. The van der Waals surface area contributed by atoms with Gasteiger partial charge in [0, 0.05) is 19.2 Å². The fraction of sp³-hybridized carbons (Fsp3) is 0.235. The van der Waals surface area contributed by atoms with Crippen LogP contribution in [-0.2, 0) is 21.2 Å². The molecule has 0 fully saturated rings. The summed E-state index contributed by atoms with van der Waals surface area (Å²) in [6, 6.07) is 11.4. The first-order valence-electron chi connectivity index (χ1n) is 7.48. The molecule has 126 valence electrons. The van der Waals surface area contributed by atoms with Crippen molar-refractivity contribution in [2.75, 3.05) is 23.3 Å². The summed E-state index contributed by atoms with van der Waals surface area (Å²) in [4.78, 5) is 13.5. The average Bonchev–Trinajstić information content (AvgIpc) is 2.98. The van der Waals surface area contributed by atoms with E-state index in [0.29, 0.717) is 18.0 Å². The van der Waals surface area contributed by atoms with E-state index in [4.69, 9.17) is 4.74 Å². The Morgan fingerprint density at radius 2 is 1.88 bits per heavy atom. The predicted octanol–water partition coefficient (Wildman–Crippen LogP) is 2.41. The maximum absolute atomic E-state index is 12.5. The van der Waals surface area contributed by atoms with Crippen molar-refractivity contribution in [1.82, 2.24) is 0 Å². The molecule has 1 aliphatic rings. The number of amides is 1. The van der Waals surface area contributed by atoms with Gasteiger partial charge in [0.15, 0.2) is 0 Å². The Hall–Kier alpha value is -2.54. The van der Waals surface area contributed by atoms with Gasteiger partial charge in [-0.05, 0) is 48.4 Å². The number of hydrogen-bond acceptors (Lipinski definition) is 4. The van der Waals surface area contributed by atoms with Crippen LogP contribution >= 0.6 is 0 Å². The Labute approximate surface area is 141 Å². The number of methoxy groups -OCH3 is 1. The number of fused-ring (bicyclic) bond motifs is 1. The monoisotopic (exact) mass is 346 g/mol. The first-order chi connectivity index (χ1) is 11.4. The second kappa shape index (κ2) is 6.16. The lowest BCUT2D eigenvalue weighted by Crippen LogP contribution is -2.25. The van der Waals surface area contributed by atoms with Gasteiger partial charge in [-0.25, -0.2) is 8.42 Å². The molecule has 1 N–H and O–H groups in total. The van der Waals surface area contributed by atoms with Crippen LogP contribution in [0.1, 0.15) is 12.5 Å². The van der Waals surface area contributed by atoms with E-state index in [-0.39, 0.29) is 10.8 Å². The third-order valence-corrected chi connectivity index (χ3v) is 5.38. The highest BCUT2D eigenvalue weighted by molar-refractivity contribution is 7.92. The van der Waals surface area contributed by atoms with Crippen molar-refractivity contribution in [3.63, 3.8) is 0 Å². The number of anilines is 2. The molecular formula is C17H18N2O4S. The first kappa shape index (κ1) is 16.3. The van der Waals surface area contributed by atoms with Crippen LogP contribution in [0.5, 0.6) is 5.75 Å². The zero-order valence-electron chi connectivity index (χ0n) is 13.4. The Kier molecular flexibility index (Phi) is 4.19. The summed E-state index contributed by atoms with van der Waals surface area (Å²) in [7, 11) is -2.18. The van der Waals surface area contributed by atoms with Crippen molar-refractivity contribution in [1.29, 1.82) is 0 Å². The zero-order chi connectivity index (χ0) is 17.3. The van der Waals surface area contributed by atoms with Crippen molar-refractivity contribution in [2.24, 2.45) is 0 Å². The Morgan fingerprint density at radius 3 is 2.50 bits per heavy atom. The molecule has 2 aromatic rings. The van der Waals surface area contributed by atoms with Crippen LogP contribution in [0.25, 0.3) is 0 Å². The number of nitrogens with one attached hydrogen (secondary N) is 1. The van der Waals surface area contributed by atoms with E-state index in [0.717, 1.165) is 17.7 Å². The Morgan fingerprint density at radius 1 is 1.17 bits per heavy atom. The lowest BCUT2D eigenvalue weighted by Gasteiger charge is -2.16. The third-order valence-electron chi connectivity index (χ3n) is 3.98. The molecule has 24 heavy (non-hydrogen) atoms. The quantitative estimate of drug-likeness (QED) is 0.922. The average molecular weight is 346 g/mol. The number of carbonyl (C=O) groups excluding carboxylic acids is 1. The van der Waals surface area contributed by atoms with Crippen molar-refractivity contribution in [3.8, 4) is 5.75 Å². The van der Waals surface area contributed by atoms with Gasteiger partial charge in [-0.15, -0.1) is 0 Å². The van der Waals surface area contributed by atoms with Gasteiger partial charge >= 0.3 is 0 Å². The summed E-state index contributed by atoms with van der Waals surface area (Å²) in [5, 5.41) is 0. The summed E-state index contributed by atoms with van der Waals surface area (Å²) in [5.74, 6) is 0.535. The summed E-state index contributed by atoms with van der Waals surface area (Å²) in [6.45, 7) is 2.13. The minimum absolute atomic E-state index is 0.0519. The van der Waals surface area contributed by atoms with Crippen molar-refractivity contribution in [2.45, 2.75) is 18.2 Å². The highest BCUT2D eigenvalue weighted by Crippen LogP contribution is 2.31. The minimum atomic E-state index is -3.70. The molecule has 0 radical (unpaired) electrons. The second-order valence-corrected chi connectivity index (χ2v) is 7.23. The zero-order valence-corrected chi connectivity index (χ0v) is 14.3. The smallest absolute Gasteiger partial charge is 0.261 e. The molecule has 0 saturated heterocycles. The van der Waals surface area contributed by atoms with Crippen LogP contribution in [0, 0.1) is 0 Å². The van der Waals surface area contributed by atoms with Crippen LogP contribution in [0.4, 0.5) is 11.4 Å². The summed E-state index contributed by atoms with van der Waals surface area (Å²) in [5.41, 5.74) is 2.23. The molecule has 6 nitrogen and oxygen atoms in total. The fourth-order valence-corrected chi connectivity index (χ4v) is 3.79. The van der Waals surface area contributed by atoms with Crippen molar-refractivity contribution >= 4 is 27.3 Å². The maximum atomic E-state index is 12.5. The number of ether oxygens (including phenoxy) is 1. The van der Waals surface area contributed by atoms with Gasteiger partial charge in [0.25, 0.3) is 10.0 Å². The molecule has 3 rings (SSSR count). The molecule has 0 atom stereocenters. The molecule has 2 aromatic carbocycles. The van der Waals surface area contributed by atoms with Gasteiger partial charge in [-0.3, -0.25) is 9.52 Å². The van der Waals surface area contributed by atoms with Crippen LogP contribution in [0.2, 0.25) is 0 Å². The molecule has 0 aromatic heterocycles. The highest BCUT2D eigenvalue weighted by atomic mass is 32.2. The van der Waals surface area contributed by atoms with Gasteiger partial charge in [0.1, 0.15) is 5.75 Å². The van der Waals surface area contributed by atoms with Crippen LogP contribution in [0.15, 0.2) is 47.4 Å². The Bertz CT molecular complexity index is 876. The number of sulfonamides is 1. The van der Waals surface area contributed by atoms with E-state index in [1.165, 1.54) is 26.2 Å². The molecule has 1 heterocycles. The third kappa shape index (κ3) is 3.07. The molecule has 0 bridgehead atoms. The van der Waals surface area contributed by atoms with Crippen molar-refractivity contribution < 1.29 is 17.9 Å². The highest BCUT2D eigenvalue weighted by Gasteiger charge is 2.23. The van der Waals surface area contributed by atoms with E-state index < -0.39 is 10.0 Å². The first-order valence-corrected chi connectivity index (χ1v) is 8.97. The van der Waals surface area contributed by atoms with Gasteiger partial charge in [0.05, 0.1) is 17.7 Å². The largest absolute Gasteiger partial charge is 0.497 e. The number of benzene rings is 2. The SMILES string of the molecule is COc1ccc(S(=O)(=O)Nc2ccc3c(c2)N(C(C)=O)CC3)cc1. The van der Waals surface area contributed by atoms with Gasteiger partial charge < -0.3 is 9.64 Å². The minimum Gasteiger partial charge on any atom is -0.497 e. The summed E-state index contributed by atoms with van der Waals surface area (Å²) >= 11 is 0. The van der Waals surface area contributed by atoms with Crippen LogP contribution in [-0.4, -0.2) is 28.0 Å². The van der Waals surface area contributed by atoms with E-state index in [2.05, 4.69) is 4.72 Å². The number of rotatable bonds is 4. The van der Waals surface area contributed by atoms with E-state index >= 15 is 0 Å². The topological polar surface area (TPSA) is 75.7 Å². The fourth-order valence-electron chi connectivity index (χ4n) is 2.74. The lowest BCUT2D eigenvalue weighted by molar-refractivity contribution is -0.116. The van der Waals surface area contributed by atoms with Gasteiger partial charge in [0.2, 0.25) is 5.91 Å². The predicted molar refractivity (Wildman–Crippen MR) is 92.0 cm³/mol. The van der Waals surface area contributed by atoms with E-state index in [1.807, 2.05) is 6.07 Å². The van der Waals surface area contributed by atoms with Gasteiger partial charge in [-0.2, -0.15) is 0 Å². The van der Waals surface area contributed by atoms with Crippen LogP contribution < -0.4 is 14.4 Å². The number of hydrogen-bond donors (Lipinski definition) is 1.